The van der Waals surface area contributed by atoms with Gasteiger partial charge in [-0.1, -0.05) is 95.3 Å². The molecule has 198 valence electrons. The first-order valence-corrected chi connectivity index (χ1v) is 14.2. The molecular weight excluding hydrogens is 580 g/mol. The molecule has 4 aromatic carbocycles. The van der Waals surface area contributed by atoms with Crippen molar-refractivity contribution in [1.82, 2.24) is 5.32 Å². The fraction of sp³-hybridized carbons (Fsp3) is 0.0667. The average Bonchev–Trinajstić information content (AvgIpc) is 2.94. The van der Waals surface area contributed by atoms with Crippen molar-refractivity contribution < 1.29 is 23.1 Å². The van der Waals surface area contributed by atoms with Gasteiger partial charge in [-0.3, -0.25) is 9.52 Å². The number of rotatable bonds is 10. The highest BCUT2D eigenvalue weighted by molar-refractivity contribution is 9.10. The van der Waals surface area contributed by atoms with Crippen LogP contribution >= 0.6 is 15.9 Å². The minimum Gasteiger partial charge on any atom is -0.480 e. The monoisotopic (exact) mass is 604 g/mol. The van der Waals surface area contributed by atoms with Crippen LogP contribution in [0.2, 0.25) is 0 Å². The van der Waals surface area contributed by atoms with Crippen molar-refractivity contribution in [3.8, 4) is 11.1 Å². The zero-order valence-electron chi connectivity index (χ0n) is 20.7. The Morgan fingerprint density at radius 3 is 2.15 bits per heavy atom. The fourth-order valence-electron chi connectivity index (χ4n) is 3.92. The van der Waals surface area contributed by atoms with Gasteiger partial charge in [0.05, 0.1) is 16.1 Å². The molecule has 0 spiro atoms. The van der Waals surface area contributed by atoms with Crippen LogP contribution in [0.3, 0.4) is 0 Å². The first kappa shape index (κ1) is 27.8. The summed E-state index contributed by atoms with van der Waals surface area (Å²) in [6, 6.07) is 26.5. The summed E-state index contributed by atoms with van der Waals surface area (Å²) in [5.41, 5.74) is 3.49. The third-order valence-corrected chi connectivity index (χ3v) is 7.88. The Kier molecular flexibility index (Phi) is 8.63. The number of hydrogen-bond donors (Lipinski definition) is 3. The maximum absolute atomic E-state index is 13.2. The largest absolute Gasteiger partial charge is 0.480 e. The highest BCUT2D eigenvalue weighted by Gasteiger charge is 2.24. The maximum Gasteiger partial charge on any atom is 0.326 e. The molecule has 4 rings (SSSR count). The van der Waals surface area contributed by atoms with E-state index in [1.807, 2.05) is 54.6 Å². The Hall–Kier alpha value is -4.21. The predicted octanol–water partition coefficient (Wildman–Crippen LogP) is 5.99. The summed E-state index contributed by atoms with van der Waals surface area (Å²) in [6.07, 6.45) is 1.64. The zero-order valence-corrected chi connectivity index (χ0v) is 23.1. The Bertz CT molecular complexity index is 1600. The van der Waals surface area contributed by atoms with E-state index in [2.05, 4.69) is 32.5 Å². The SMILES string of the molecule is C=Cc1ccc(S(=O)(=O)Nc2ccc(Br)cc2C(=O)N[C@@H](Cc2ccc(-c3ccccc3)cc2)C(=O)O)cc1. The number of halogens is 1. The number of carbonyl (C=O) groups is 2. The third kappa shape index (κ3) is 7.01. The van der Waals surface area contributed by atoms with Crippen LogP contribution in [-0.2, 0) is 21.2 Å². The molecule has 0 aliphatic carbocycles. The molecule has 0 bridgehead atoms. The van der Waals surface area contributed by atoms with Crippen molar-refractivity contribution >= 4 is 49.6 Å². The minimum atomic E-state index is -4.02. The third-order valence-electron chi connectivity index (χ3n) is 6.00. The summed E-state index contributed by atoms with van der Waals surface area (Å²) in [7, 11) is -4.02. The molecule has 0 radical (unpaired) electrons. The lowest BCUT2D eigenvalue weighted by Gasteiger charge is -2.17. The van der Waals surface area contributed by atoms with Gasteiger partial charge in [-0.05, 0) is 52.6 Å². The van der Waals surface area contributed by atoms with Gasteiger partial charge in [-0.15, -0.1) is 0 Å². The number of sulfonamides is 1. The fourth-order valence-corrected chi connectivity index (χ4v) is 5.36. The molecule has 7 nitrogen and oxygen atoms in total. The maximum atomic E-state index is 13.2. The lowest BCUT2D eigenvalue weighted by Crippen LogP contribution is -2.42. The molecule has 1 amide bonds. The van der Waals surface area contributed by atoms with Crippen LogP contribution in [-0.4, -0.2) is 31.4 Å². The van der Waals surface area contributed by atoms with Gasteiger partial charge in [0.2, 0.25) is 0 Å². The number of aliphatic carboxylic acids is 1. The van der Waals surface area contributed by atoms with Crippen molar-refractivity contribution in [2.75, 3.05) is 4.72 Å². The smallest absolute Gasteiger partial charge is 0.326 e. The van der Waals surface area contributed by atoms with E-state index in [9.17, 15) is 23.1 Å². The quantitative estimate of drug-likeness (QED) is 0.206. The van der Waals surface area contributed by atoms with E-state index in [0.717, 1.165) is 22.3 Å². The summed E-state index contributed by atoms with van der Waals surface area (Å²) in [5, 5.41) is 12.4. The molecule has 1 atom stereocenters. The molecule has 0 aliphatic rings. The number of carbonyl (C=O) groups excluding carboxylic acids is 1. The summed E-state index contributed by atoms with van der Waals surface area (Å²) in [6.45, 7) is 3.65. The number of carboxylic acids is 1. The second-order valence-corrected chi connectivity index (χ2v) is 11.3. The number of hydrogen-bond acceptors (Lipinski definition) is 4. The second kappa shape index (κ2) is 12.1. The number of amides is 1. The van der Waals surface area contributed by atoms with Crippen LogP contribution in [0.25, 0.3) is 17.2 Å². The van der Waals surface area contributed by atoms with Crippen molar-refractivity contribution in [3.63, 3.8) is 0 Å². The summed E-state index contributed by atoms with van der Waals surface area (Å²) >= 11 is 3.30. The molecule has 0 aromatic heterocycles. The Balaban J connectivity index is 1.53. The van der Waals surface area contributed by atoms with Crippen LogP contribution < -0.4 is 10.0 Å². The van der Waals surface area contributed by atoms with Gasteiger partial charge in [0.1, 0.15) is 6.04 Å². The van der Waals surface area contributed by atoms with E-state index in [1.54, 1.807) is 24.3 Å². The number of benzene rings is 4. The first-order chi connectivity index (χ1) is 18.7. The highest BCUT2D eigenvalue weighted by Crippen LogP contribution is 2.25. The first-order valence-electron chi connectivity index (χ1n) is 11.9. The molecule has 3 N–H and O–H groups in total. The van der Waals surface area contributed by atoms with Gasteiger partial charge < -0.3 is 10.4 Å². The van der Waals surface area contributed by atoms with Gasteiger partial charge in [0.15, 0.2) is 0 Å². The predicted molar refractivity (Wildman–Crippen MR) is 156 cm³/mol. The zero-order chi connectivity index (χ0) is 28.0. The van der Waals surface area contributed by atoms with E-state index in [4.69, 9.17) is 0 Å². The van der Waals surface area contributed by atoms with E-state index in [0.29, 0.717) is 4.47 Å². The van der Waals surface area contributed by atoms with Gasteiger partial charge in [0, 0.05) is 10.9 Å². The number of nitrogens with one attached hydrogen (secondary N) is 2. The summed E-state index contributed by atoms with van der Waals surface area (Å²) in [5.74, 6) is -1.95. The van der Waals surface area contributed by atoms with Crippen LogP contribution in [0.4, 0.5) is 5.69 Å². The van der Waals surface area contributed by atoms with Crippen LogP contribution in [0, 0.1) is 0 Å². The Morgan fingerprint density at radius 2 is 1.54 bits per heavy atom. The average molecular weight is 606 g/mol. The summed E-state index contributed by atoms with van der Waals surface area (Å²) < 4.78 is 28.9. The molecule has 0 saturated carbocycles. The van der Waals surface area contributed by atoms with Crippen molar-refractivity contribution in [2.24, 2.45) is 0 Å². The summed E-state index contributed by atoms with van der Waals surface area (Å²) in [4.78, 5) is 25.3. The van der Waals surface area contributed by atoms with Gasteiger partial charge in [0.25, 0.3) is 15.9 Å². The minimum absolute atomic E-state index is 0.00439. The lowest BCUT2D eigenvalue weighted by atomic mass is 10.0. The molecule has 0 saturated heterocycles. The molecule has 0 heterocycles. The standard InChI is InChI=1S/C30H25BrN2O5S/c1-2-20-10-15-25(16-11-20)39(37,38)33-27-17-14-24(31)19-26(27)29(34)32-28(30(35)36)18-21-8-12-23(13-9-21)22-6-4-3-5-7-22/h2-17,19,28,33H,1,18H2,(H,32,34)(H,35,36)/t28-/m0/s1. The van der Waals surface area contributed by atoms with Gasteiger partial charge in [-0.25, -0.2) is 13.2 Å². The van der Waals surface area contributed by atoms with Crippen LogP contribution in [0.5, 0.6) is 0 Å². The van der Waals surface area contributed by atoms with Crippen molar-refractivity contribution in [1.29, 1.82) is 0 Å². The Morgan fingerprint density at radius 1 is 0.897 bits per heavy atom. The number of anilines is 1. The van der Waals surface area contributed by atoms with Gasteiger partial charge >= 0.3 is 5.97 Å². The molecule has 39 heavy (non-hydrogen) atoms. The molecule has 0 aliphatic heterocycles. The van der Waals surface area contributed by atoms with E-state index < -0.39 is 27.9 Å². The number of carboxylic acid groups (broad SMARTS) is 1. The normalized spacial score (nSPS) is 11.8. The van der Waals surface area contributed by atoms with Crippen molar-refractivity contribution in [2.45, 2.75) is 17.4 Å². The van der Waals surface area contributed by atoms with E-state index in [1.165, 1.54) is 24.3 Å². The van der Waals surface area contributed by atoms with Crippen LogP contribution in [0.15, 0.2) is 113 Å². The van der Waals surface area contributed by atoms with Crippen LogP contribution in [0.1, 0.15) is 21.5 Å². The molecule has 9 heteroatoms. The van der Waals surface area contributed by atoms with Gasteiger partial charge in [-0.2, -0.15) is 0 Å². The second-order valence-electron chi connectivity index (χ2n) is 8.70. The lowest BCUT2D eigenvalue weighted by molar-refractivity contribution is -0.139. The molecule has 0 fully saturated rings. The molecule has 4 aromatic rings. The van der Waals surface area contributed by atoms with E-state index >= 15 is 0 Å². The topological polar surface area (TPSA) is 113 Å². The molecular formula is C30H25BrN2O5S. The molecule has 0 unspecified atom stereocenters. The highest BCUT2D eigenvalue weighted by atomic mass is 79.9. The van der Waals surface area contributed by atoms with Crippen molar-refractivity contribution in [3.05, 3.63) is 125 Å². The Labute approximate surface area is 235 Å². The van der Waals surface area contributed by atoms with E-state index in [-0.39, 0.29) is 22.6 Å².